The Bertz CT molecular complexity index is 1500. The Hall–Kier alpha value is -3.69. The molecule has 1 fully saturated rings. The zero-order valence-corrected chi connectivity index (χ0v) is 22.1. The van der Waals surface area contributed by atoms with E-state index in [1.165, 1.54) is 0 Å². The van der Waals surface area contributed by atoms with Crippen LogP contribution in [0.3, 0.4) is 0 Å². The van der Waals surface area contributed by atoms with E-state index < -0.39 is 10.0 Å². The molecule has 3 aromatic carbocycles. The fraction of sp³-hybridized carbons (Fsp3) is 0.286. The Morgan fingerprint density at radius 3 is 2.30 bits per heavy atom. The standard InChI is InChI=1S/C28H31N5O3S/c1-4-36-22-13-11-21(12-14-22)25-15-16-29-28(30-25)32-17-19-33(20-18-32)37(34,35)27-10-6-7-23-24(27)8-5-9-26(23)31(2)3/h5-16H,4,17-20H2,1-3H3. The van der Waals surface area contributed by atoms with Gasteiger partial charge in [0.15, 0.2) is 0 Å². The van der Waals surface area contributed by atoms with Crippen molar-refractivity contribution in [1.82, 2.24) is 14.3 Å². The Labute approximate surface area is 218 Å². The highest BCUT2D eigenvalue weighted by molar-refractivity contribution is 7.89. The van der Waals surface area contributed by atoms with Crippen molar-refractivity contribution < 1.29 is 13.2 Å². The molecule has 0 atom stereocenters. The SMILES string of the molecule is CCOc1ccc(-c2ccnc(N3CCN(S(=O)(=O)c4cccc5c(N(C)C)cccc45)CC3)n2)cc1. The third kappa shape index (κ3) is 4.97. The highest BCUT2D eigenvalue weighted by atomic mass is 32.2. The first kappa shape index (κ1) is 25.0. The maximum atomic E-state index is 13.7. The van der Waals surface area contributed by atoms with E-state index in [9.17, 15) is 8.42 Å². The third-order valence-corrected chi connectivity index (χ3v) is 8.54. The quantitative estimate of drug-likeness (QED) is 0.362. The predicted octanol–water partition coefficient (Wildman–Crippen LogP) is 4.27. The number of piperazine rings is 1. The molecule has 0 saturated carbocycles. The van der Waals surface area contributed by atoms with Gasteiger partial charge in [0.1, 0.15) is 5.75 Å². The van der Waals surface area contributed by atoms with Gasteiger partial charge in [-0.1, -0.05) is 24.3 Å². The second kappa shape index (κ2) is 10.4. The van der Waals surface area contributed by atoms with Gasteiger partial charge in [-0.3, -0.25) is 0 Å². The molecule has 0 N–H and O–H groups in total. The number of nitrogens with zero attached hydrogens (tertiary/aromatic N) is 5. The summed E-state index contributed by atoms with van der Waals surface area (Å²) in [6.45, 7) is 4.33. The number of hydrogen-bond donors (Lipinski definition) is 0. The number of sulfonamides is 1. The van der Waals surface area contributed by atoms with Crippen molar-refractivity contribution in [2.45, 2.75) is 11.8 Å². The Morgan fingerprint density at radius 1 is 0.892 bits per heavy atom. The number of anilines is 2. The smallest absolute Gasteiger partial charge is 0.243 e. The van der Waals surface area contributed by atoms with Crippen molar-refractivity contribution in [3.63, 3.8) is 0 Å². The Morgan fingerprint density at radius 2 is 1.59 bits per heavy atom. The summed E-state index contributed by atoms with van der Waals surface area (Å²) in [5.74, 6) is 1.42. The zero-order chi connectivity index (χ0) is 26.0. The minimum atomic E-state index is -3.66. The molecule has 4 aromatic rings. The topological polar surface area (TPSA) is 78.9 Å². The van der Waals surface area contributed by atoms with Crippen molar-refractivity contribution >= 4 is 32.4 Å². The number of benzene rings is 3. The Balaban J connectivity index is 1.34. The van der Waals surface area contributed by atoms with Crippen LogP contribution in [0, 0.1) is 0 Å². The van der Waals surface area contributed by atoms with Crippen LogP contribution in [0.25, 0.3) is 22.0 Å². The average molecular weight is 518 g/mol. The van der Waals surface area contributed by atoms with E-state index in [-0.39, 0.29) is 0 Å². The van der Waals surface area contributed by atoms with Crippen molar-refractivity contribution in [2.24, 2.45) is 0 Å². The molecule has 0 amide bonds. The minimum absolute atomic E-state index is 0.343. The lowest BCUT2D eigenvalue weighted by Crippen LogP contribution is -2.49. The summed E-state index contributed by atoms with van der Waals surface area (Å²) in [6, 6.07) is 21.0. The second-order valence-electron chi connectivity index (χ2n) is 9.11. The summed E-state index contributed by atoms with van der Waals surface area (Å²) in [5.41, 5.74) is 2.78. The lowest BCUT2D eigenvalue weighted by atomic mass is 10.1. The summed E-state index contributed by atoms with van der Waals surface area (Å²) in [5, 5.41) is 1.66. The monoisotopic (exact) mass is 517 g/mol. The molecule has 1 aromatic heterocycles. The van der Waals surface area contributed by atoms with Crippen LogP contribution >= 0.6 is 0 Å². The Kier molecular flexibility index (Phi) is 6.99. The summed E-state index contributed by atoms with van der Waals surface area (Å²) in [4.78, 5) is 13.6. The van der Waals surface area contributed by atoms with Crippen LogP contribution in [0.4, 0.5) is 11.6 Å². The number of rotatable bonds is 7. The van der Waals surface area contributed by atoms with E-state index in [4.69, 9.17) is 9.72 Å². The normalized spacial score (nSPS) is 14.6. The fourth-order valence-corrected chi connectivity index (χ4v) is 6.33. The number of ether oxygens (including phenoxy) is 1. The van der Waals surface area contributed by atoms with Gasteiger partial charge < -0.3 is 14.5 Å². The molecule has 1 saturated heterocycles. The van der Waals surface area contributed by atoms with Gasteiger partial charge in [-0.2, -0.15) is 4.31 Å². The summed E-state index contributed by atoms with van der Waals surface area (Å²) >= 11 is 0. The largest absolute Gasteiger partial charge is 0.494 e. The van der Waals surface area contributed by atoms with E-state index in [0.29, 0.717) is 43.6 Å². The van der Waals surface area contributed by atoms with Gasteiger partial charge in [-0.25, -0.2) is 18.4 Å². The van der Waals surface area contributed by atoms with Crippen LogP contribution in [0.1, 0.15) is 6.92 Å². The first-order valence-electron chi connectivity index (χ1n) is 12.4. The molecular formula is C28H31N5O3S. The maximum Gasteiger partial charge on any atom is 0.243 e. The summed E-state index contributed by atoms with van der Waals surface area (Å²) in [7, 11) is 0.260. The molecule has 8 nitrogen and oxygen atoms in total. The maximum absolute atomic E-state index is 13.7. The first-order valence-corrected chi connectivity index (χ1v) is 13.8. The molecule has 0 radical (unpaired) electrons. The van der Waals surface area contributed by atoms with Crippen LogP contribution < -0.4 is 14.5 Å². The molecule has 192 valence electrons. The molecule has 5 rings (SSSR count). The third-order valence-electron chi connectivity index (χ3n) is 6.58. The van der Waals surface area contributed by atoms with Crippen molar-refractivity contribution in [3.05, 3.63) is 72.9 Å². The molecule has 0 bridgehead atoms. The predicted molar refractivity (Wildman–Crippen MR) is 148 cm³/mol. The first-order chi connectivity index (χ1) is 17.9. The second-order valence-corrected chi connectivity index (χ2v) is 11.0. The van der Waals surface area contributed by atoms with Gasteiger partial charge in [0.25, 0.3) is 0 Å². The summed E-state index contributed by atoms with van der Waals surface area (Å²) < 4.78 is 34.5. The number of fused-ring (bicyclic) bond motifs is 1. The summed E-state index contributed by atoms with van der Waals surface area (Å²) in [6.07, 6.45) is 1.75. The van der Waals surface area contributed by atoms with Gasteiger partial charge in [0, 0.05) is 68.5 Å². The number of aromatic nitrogens is 2. The van der Waals surface area contributed by atoms with Gasteiger partial charge in [-0.05, 0) is 49.4 Å². The van der Waals surface area contributed by atoms with E-state index in [2.05, 4.69) is 4.98 Å². The van der Waals surface area contributed by atoms with Crippen molar-refractivity contribution in [3.8, 4) is 17.0 Å². The van der Waals surface area contributed by atoms with Crippen molar-refractivity contribution in [2.75, 3.05) is 56.7 Å². The zero-order valence-electron chi connectivity index (χ0n) is 21.3. The van der Waals surface area contributed by atoms with Crippen LogP contribution in [0.15, 0.2) is 77.8 Å². The molecule has 0 spiro atoms. The molecular weight excluding hydrogens is 486 g/mol. The molecule has 37 heavy (non-hydrogen) atoms. The van der Waals surface area contributed by atoms with Crippen LogP contribution in [0.5, 0.6) is 5.75 Å². The molecule has 0 unspecified atom stereocenters. The highest BCUT2D eigenvalue weighted by Crippen LogP contribution is 2.32. The van der Waals surface area contributed by atoms with Crippen LogP contribution in [-0.2, 0) is 10.0 Å². The van der Waals surface area contributed by atoms with E-state index in [1.54, 1.807) is 16.6 Å². The number of hydrogen-bond acceptors (Lipinski definition) is 7. The molecule has 2 heterocycles. The van der Waals surface area contributed by atoms with Crippen LogP contribution in [0.2, 0.25) is 0 Å². The van der Waals surface area contributed by atoms with E-state index >= 15 is 0 Å². The lowest BCUT2D eigenvalue weighted by Gasteiger charge is -2.34. The average Bonchev–Trinajstić information content (AvgIpc) is 2.93. The van der Waals surface area contributed by atoms with Gasteiger partial charge in [-0.15, -0.1) is 0 Å². The van der Waals surface area contributed by atoms with Crippen molar-refractivity contribution in [1.29, 1.82) is 0 Å². The van der Waals surface area contributed by atoms with Gasteiger partial charge in [0.05, 0.1) is 17.2 Å². The fourth-order valence-electron chi connectivity index (χ4n) is 4.70. The van der Waals surface area contributed by atoms with Gasteiger partial charge >= 0.3 is 0 Å². The lowest BCUT2D eigenvalue weighted by molar-refractivity contribution is 0.340. The van der Waals surface area contributed by atoms with Crippen LogP contribution in [-0.4, -0.2) is 69.6 Å². The van der Waals surface area contributed by atoms with E-state index in [1.807, 2.05) is 91.5 Å². The molecule has 0 aliphatic carbocycles. The molecule has 1 aliphatic heterocycles. The minimum Gasteiger partial charge on any atom is -0.494 e. The molecule has 9 heteroatoms. The molecule has 1 aliphatic rings. The van der Waals surface area contributed by atoms with E-state index in [0.717, 1.165) is 33.5 Å². The van der Waals surface area contributed by atoms with Gasteiger partial charge in [0.2, 0.25) is 16.0 Å². The highest BCUT2D eigenvalue weighted by Gasteiger charge is 2.30.